The van der Waals surface area contributed by atoms with Crippen molar-refractivity contribution in [2.45, 2.75) is 6.42 Å². The smallest absolute Gasteiger partial charge is 0.226 e. The summed E-state index contributed by atoms with van der Waals surface area (Å²) < 4.78 is 46.3. The Balaban J connectivity index is 2.43. The van der Waals surface area contributed by atoms with Crippen molar-refractivity contribution in [1.82, 2.24) is 14.7 Å². The van der Waals surface area contributed by atoms with Crippen molar-refractivity contribution in [3.05, 3.63) is 18.2 Å². The summed E-state index contributed by atoms with van der Waals surface area (Å²) in [4.78, 5) is 6.58. The molecule has 16 heavy (non-hydrogen) atoms. The van der Waals surface area contributed by atoms with Gasteiger partial charge in [-0.2, -0.15) is 0 Å². The molecule has 0 spiro atoms. The Bertz CT molecular complexity index is 518. The SMILES string of the molecule is CS(=O)(=O)CS(=O)(=O)NCCc1cnc[nH]1. The molecule has 0 saturated heterocycles. The average molecular weight is 267 g/mol. The van der Waals surface area contributed by atoms with Gasteiger partial charge in [0, 0.05) is 31.1 Å². The van der Waals surface area contributed by atoms with Crippen LogP contribution in [0.15, 0.2) is 12.5 Å². The number of hydrogen-bond acceptors (Lipinski definition) is 5. The van der Waals surface area contributed by atoms with Gasteiger partial charge >= 0.3 is 0 Å². The lowest BCUT2D eigenvalue weighted by Crippen LogP contribution is -2.31. The van der Waals surface area contributed by atoms with Gasteiger partial charge in [0.15, 0.2) is 14.9 Å². The van der Waals surface area contributed by atoms with E-state index < -0.39 is 24.9 Å². The molecule has 7 nitrogen and oxygen atoms in total. The monoisotopic (exact) mass is 267 g/mol. The standard InChI is InChI=1S/C7H13N3O4S2/c1-15(11,12)6-16(13,14)10-3-2-7-4-8-5-9-7/h4-5,10H,2-3,6H2,1H3,(H,8,9). The first-order valence-electron chi connectivity index (χ1n) is 4.41. The quantitative estimate of drug-likeness (QED) is 0.678. The molecule has 1 heterocycles. The predicted molar refractivity (Wildman–Crippen MR) is 58.9 cm³/mol. The summed E-state index contributed by atoms with van der Waals surface area (Å²) in [6.07, 6.45) is 4.37. The van der Waals surface area contributed by atoms with Crippen LogP contribution in [0.1, 0.15) is 5.69 Å². The lowest BCUT2D eigenvalue weighted by molar-refractivity contribution is 0.581. The molecule has 1 aromatic rings. The van der Waals surface area contributed by atoms with E-state index in [1.807, 2.05) is 0 Å². The number of imidazole rings is 1. The minimum Gasteiger partial charge on any atom is -0.348 e. The molecule has 1 aromatic heterocycles. The number of nitrogens with one attached hydrogen (secondary N) is 2. The fourth-order valence-corrected chi connectivity index (χ4v) is 4.09. The maximum atomic E-state index is 11.3. The zero-order valence-corrected chi connectivity index (χ0v) is 10.3. The van der Waals surface area contributed by atoms with E-state index in [1.54, 1.807) is 6.20 Å². The minimum atomic E-state index is -3.76. The zero-order chi connectivity index (χ0) is 12.2. The number of aromatic amines is 1. The van der Waals surface area contributed by atoms with Gasteiger partial charge in [0.2, 0.25) is 10.0 Å². The van der Waals surface area contributed by atoms with Crippen LogP contribution in [0.5, 0.6) is 0 Å². The molecule has 0 bridgehead atoms. The second-order valence-corrected chi connectivity index (χ2v) is 7.69. The molecule has 0 aliphatic rings. The molecule has 0 radical (unpaired) electrons. The molecule has 0 aliphatic heterocycles. The number of nitrogens with zero attached hydrogens (tertiary/aromatic N) is 1. The van der Waals surface area contributed by atoms with E-state index in [4.69, 9.17) is 0 Å². The summed E-state index contributed by atoms with van der Waals surface area (Å²) in [5.41, 5.74) is 0.780. The molecular weight excluding hydrogens is 254 g/mol. The molecule has 0 unspecified atom stereocenters. The number of H-pyrrole nitrogens is 1. The van der Waals surface area contributed by atoms with Crippen LogP contribution in [-0.2, 0) is 26.3 Å². The van der Waals surface area contributed by atoms with Crippen LogP contribution in [0.2, 0.25) is 0 Å². The summed E-state index contributed by atoms with van der Waals surface area (Å²) in [5.74, 6) is 0. The number of hydrogen-bond donors (Lipinski definition) is 2. The van der Waals surface area contributed by atoms with Gasteiger partial charge in [-0.05, 0) is 0 Å². The van der Waals surface area contributed by atoms with Crippen molar-refractivity contribution in [3.63, 3.8) is 0 Å². The summed E-state index contributed by atoms with van der Waals surface area (Å²) >= 11 is 0. The Kier molecular flexibility index (Phi) is 4.05. The van der Waals surface area contributed by atoms with Crippen molar-refractivity contribution in [3.8, 4) is 0 Å². The van der Waals surface area contributed by atoms with Gasteiger partial charge in [-0.1, -0.05) is 0 Å². The highest BCUT2D eigenvalue weighted by molar-refractivity contribution is 8.06. The Morgan fingerprint density at radius 1 is 1.38 bits per heavy atom. The van der Waals surface area contributed by atoms with Crippen LogP contribution >= 0.6 is 0 Å². The molecule has 0 aromatic carbocycles. The third-order valence-electron chi connectivity index (χ3n) is 1.64. The third-order valence-corrected chi connectivity index (χ3v) is 5.24. The van der Waals surface area contributed by atoms with Crippen molar-refractivity contribution < 1.29 is 16.8 Å². The molecule has 92 valence electrons. The normalized spacial score (nSPS) is 12.8. The number of rotatable bonds is 6. The van der Waals surface area contributed by atoms with E-state index in [2.05, 4.69) is 14.7 Å². The fourth-order valence-electron chi connectivity index (χ4n) is 1.09. The predicted octanol–water partition coefficient (Wildman–Crippen LogP) is -1.13. The van der Waals surface area contributed by atoms with Gasteiger partial charge in [0.05, 0.1) is 6.33 Å². The molecule has 0 fully saturated rings. The van der Waals surface area contributed by atoms with E-state index >= 15 is 0 Å². The molecule has 0 saturated carbocycles. The highest BCUT2D eigenvalue weighted by atomic mass is 32.3. The second kappa shape index (κ2) is 4.93. The molecule has 0 amide bonds. The minimum absolute atomic E-state index is 0.139. The van der Waals surface area contributed by atoms with Crippen molar-refractivity contribution in [1.29, 1.82) is 0 Å². The highest BCUT2D eigenvalue weighted by Gasteiger charge is 2.17. The maximum Gasteiger partial charge on any atom is 0.226 e. The van der Waals surface area contributed by atoms with Crippen LogP contribution in [0.25, 0.3) is 0 Å². The number of sulfone groups is 1. The van der Waals surface area contributed by atoms with Gasteiger partial charge < -0.3 is 4.98 Å². The molecular formula is C7H13N3O4S2. The van der Waals surface area contributed by atoms with Crippen LogP contribution in [-0.4, -0.2) is 44.7 Å². The van der Waals surface area contributed by atoms with E-state index in [-0.39, 0.29) is 6.54 Å². The maximum absolute atomic E-state index is 11.3. The van der Waals surface area contributed by atoms with Crippen LogP contribution in [0.4, 0.5) is 0 Å². The van der Waals surface area contributed by atoms with E-state index in [1.165, 1.54) is 6.33 Å². The van der Waals surface area contributed by atoms with E-state index in [0.29, 0.717) is 6.42 Å². The van der Waals surface area contributed by atoms with E-state index in [0.717, 1.165) is 11.9 Å². The largest absolute Gasteiger partial charge is 0.348 e. The van der Waals surface area contributed by atoms with Crippen LogP contribution < -0.4 is 4.72 Å². The van der Waals surface area contributed by atoms with Gasteiger partial charge in [-0.15, -0.1) is 0 Å². The fraction of sp³-hybridized carbons (Fsp3) is 0.571. The molecule has 0 atom stereocenters. The molecule has 9 heteroatoms. The van der Waals surface area contributed by atoms with Crippen LogP contribution in [0, 0.1) is 0 Å². The molecule has 1 rings (SSSR count). The van der Waals surface area contributed by atoms with Gasteiger partial charge in [0.1, 0.15) is 0 Å². The first-order valence-corrected chi connectivity index (χ1v) is 8.12. The Labute approximate surface area is 94.3 Å². The lowest BCUT2D eigenvalue weighted by Gasteiger charge is -2.04. The van der Waals surface area contributed by atoms with E-state index in [9.17, 15) is 16.8 Å². The Hall–Kier alpha value is -0.930. The second-order valence-electron chi connectivity index (χ2n) is 3.38. The first-order chi connectivity index (χ1) is 7.29. The van der Waals surface area contributed by atoms with Crippen molar-refractivity contribution in [2.24, 2.45) is 0 Å². The summed E-state index contributed by atoms with van der Waals surface area (Å²) in [7, 11) is -7.30. The highest BCUT2D eigenvalue weighted by Crippen LogP contribution is 1.94. The van der Waals surface area contributed by atoms with Gasteiger partial charge in [0.25, 0.3) is 0 Å². The van der Waals surface area contributed by atoms with Gasteiger partial charge in [-0.25, -0.2) is 26.5 Å². The molecule has 2 N–H and O–H groups in total. The zero-order valence-electron chi connectivity index (χ0n) is 8.67. The van der Waals surface area contributed by atoms with Crippen LogP contribution in [0.3, 0.4) is 0 Å². The Morgan fingerprint density at radius 3 is 2.56 bits per heavy atom. The summed E-state index contributed by atoms with van der Waals surface area (Å²) in [6, 6.07) is 0. The topological polar surface area (TPSA) is 109 Å². The van der Waals surface area contributed by atoms with Gasteiger partial charge in [-0.3, -0.25) is 0 Å². The summed E-state index contributed by atoms with van der Waals surface area (Å²) in [5, 5.41) is -0.886. The number of sulfonamides is 1. The molecule has 0 aliphatic carbocycles. The summed E-state index contributed by atoms with van der Waals surface area (Å²) in [6.45, 7) is 0.139. The Morgan fingerprint density at radius 2 is 2.06 bits per heavy atom. The average Bonchev–Trinajstić information content (AvgIpc) is 2.51. The van der Waals surface area contributed by atoms with Crippen molar-refractivity contribution in [2.75, 3.05) is 17.9 Å². The lowest BCUT2D eigenvalue weighted by atomic mass is 10.3. The van der Waals surface area contributed by atoms with Crippen molar-refractivity contribution >= 4 is 19.9 Å². The first kappa shape index (κ1) is 13.1. The number of aromatic nitrogens is 2. The third kappa shape index (κ3) is 5.24.